The summed E-state index contributed by atoms with van der Waals surface area (Å²) in [5.41, 5.74) is -0.760. The van der Waals surface area contributed by atoms with Crippen LogP contribution in [-0.2, 0) is 4.79 Å². The average molecular weight is 229 g/mol. The van der Waals surface area contributed by atoms with Crippen molar-refractivity contribution in [2.45, 2.75) is 71.9 Å². The summed E-state index contributed by atoms with van der Waals surface area (Å²) < 4.78 is 0. The van der Waals surface area contributed by atoms with Crippen molar-refractivity contribution in [2.75, 3.05) is 6.54 Å². The Morgan fingerprint density at radius 1 is 1.19 bits per heavy atom. The number of hydrogen-bond acceptors (Lipinski definition) is 2. The molecule has 0 spiro atoms. The first kappa shape index (κ1) is 15.4. The largest absolute Gasteiger partial charge is 0.480 e. The van der Waals surface area contributed by atoms with Crippen LogP contribution in [0.5, 0.6) is 0 Å². The normalized spacial score (nSPS) is 12.4. The highest BCUT2D eigenvalue weighted by atomic mass is 16.4. The molecule has 0 bridgehead atoms. The Labute approximate surface area is 99.8 Å². The van der Waals surface area contributed by atoms with Gasteiger partial charge in [-0.05, 0) is 33.2 Å². The molecule has 0 atom stereocenters. The summed E-state index contributed by atoms with van der Waals surface area (Å²) in [7, 11) is 0. The van der Waals surface area contributed by atoms with E-state index >= 15 is 0 Å². The fourth-order valence-electron chi connectivity index (χ4n) is 2.36. The number of aliphatic carboxylic acids is 1. The highest BCUT2D eigenvalue weighted by molar-refractivity contribution is 5.77. The summed E-state index contributed by atoms with van der Waals surface area (Å²) in [5, 5.41) is 9.29. The van der Waals surface area contributed by atoms with E-state index in [0.717, 1.165) is 32.2 Å². The molecule has 0 aliphatic heterocycles. The van der Waals surface area contributed by atoms with Crippen LogP contribution in [0.15, 0.2) is 0 Å². The number of carboxylic acids is 1. The third-order valence-electron chi connectivity index (χ3n) is 3.27. The van der Waals surface area contributed by atoms with Crippen molar-refractivity contribution in [2.24, 2.45) is 0 Å². The predicted molar refractivity (Wildman–Crippen MR) is 67.7 cm³/mol. The lowest BCUT2D eigenvalue weighted by atomic mass is 9.95. The molecule has 0 heterocycles. The molecule has 0 aromatic heterocycles. The average Bonchev–Trinajstić information content (AvgIpc) is 2.18. The highest BCUT2D eigenvalue weighted by Gasteiger charge is 2.37. The summed E-state index contributed by atoms with van der Waals surface area (Å²) in [6.07, 6.45) is 4.38. The first-order chi connectivity index (χ1) is 7.41. The van der Waals surface area contributed by atoms with E-state index in [2.05, 4.69) is 18.7 Å². The molecule has 0 aromatic carbocycles. The summed E-state index contributed by atoms with van der Waals surface area (Å²) in [6.45, 7) is 10.8. The smallest absolute Gasteiger partial charge is 0.323 e. The van der Waals surface area contributed by atoms with Gasteiger partial charge in [-0.1, -0.05) is 33.6 Å². The van der Waals surface area contributed by atoms with Gasteiger partial charge in [0.05, 0.1) is 0 Å². The minimum atomic E-state index is -0.760. The topological polar surface area (TPSA) is 40.5 Å². The van der Waals surface area contributed by atoms with E-state index in [4.69, 9.17) is 0 Å². The van der Waals surface area contributed by atoms with E-state index < -0.39 is 11.5 Å². The number of rotatable bonds is 8. The molecular formula is C13H27NO2. The quantitative estimate of drug-likeness (QED) is 0.695. The second-order valence-electron chi connectivity index (χ2n) is 4.88. The Morgan fingerprint density at radius 3 is 1.88 bits per heavy atom. The molecular weight excluding hydrogens is 202 g/mol. The zero-order valence-corrected chi connectivity index (χ0v) is 11.4. The molecule has 0 aromatic rings. The van der Waals surface area contributed by atoms with E-state index in [0.29, 0.717) is 6.04 Å². The standard InChI is InChI=1S/C13H27NO2/c1-6-9-11(10-7-2)14(8-3)13(4,5)12(15)16/h11H,6-10H2,1-5H3,(H,15,16). The van der Waals surface area contributed by atoms with Crippen molar-refractivity contribution in [3.8, 4) is 0 Å². The zero-order valence-electron chi connectivity index (χ0n) is 11.4. The number of carboxylic acid groups (broad SMARTS) is 1. The second kappa shape index (κ2) is 6.89. The number of nitrogens with zero attached hydrogens (tertiary/aromatic N) is 1. The SMILES string of the molecule is CCCC(CCC)N(CC)C(C)(C)C(=O)O. The van der Waals surface area contributed by atoms with Gasteiger partial charge in [0.25, 0.3) is 0 Å². The predicted octanol–water partition coefficient (Wildman–Crippen LogP) is 3.14. The van der Waals surface area contributed by atoms with Gasteiger partial charge in [0, 0.05) is 6.04 Å². The molecule has 0 aliphatic rings. The van der Waals surface area contributed by atoms with E-state index in [1.54, 1.807) is 13.8 Å². The molecule has 0 radical (unpaired) electrons. The summed E-state index contributed by atoms with van der Waals surface area (Å²) in [4.78, 5) is 13.4. The minimum absolute atomic E-state index is 0.395. The van der Waals surface area contributed by atoms with Crippen LogP contribution in [0.2, 0.25) is 0 Å². The van der Waals surface area contributed by atoms with Crippen molar-refractivity contribution in [1.82, 2.24) is 4.90 Å². The number of likely N-dealkylation sites (N-methyl/N-ethyl adjacent to an activating group) is 1. The van der Waals surface area contributed by atoms with Gasteiger partial charge in [-0.2, -0.15) is 0 Å². The lowest BCUT2D eigenvalue weighted by molar-refractivity contribution is -0.151. The molecule has 1 N–H and O–H groups in total. The molecule has 3 heteroatoms. The molecule has 0 fully saturated rings. The Bertz CT molecular complexity index is 208. The Balaban J connectivity index is 4.83. The van der Waals surface area contributed by atoms with Crippen molar-refractivity contribution < 1.29 is 9.90 Å². The Kier molecular flexibility index (Phi) is 6.65. The maximum absolute atomic E-state index is 11.3. The monoisotopic (exact) mass is 229 g/mol. The van der Waals surface area contributed by atoms with Gasteiger partial charge >= 0.3 is 5.97 Å². The molecule has 0 rings (SSSR count). The number of carbonyl (C=O) groups is 1. The second-order valence-corrected chi connectivity index (χ2v) is 4.88. The van der Waals surface area contributed by atoms with Crippen LogP contribution in [0.4, 0.5) is 0 Å². The van der Waals surface area contributed by atoms with Crippen LogP contribution in [0, 0.1) is 0 Å². The molecule has 0 aliphatic carbocycles. The van der Waals surface area contributed by atoms with Crippen LogP contribution in [-0.4, -0.2) is 34.1 Å². The van der Waals surface area contributed by atoms with Crippen LogP contribution >= 0.6 is 0 Å². The van der Waals surface area contributed by atoms with Crippen LogP contribution in [0.25, 0.3) is 0 Å². The van der Waals surface area contributed by atoms with Crippen molar-refractivity contribution in [3.05, 3.63) is 0 Å². The fraction of sp³-hybridized carbons (Fsp3) is 0.923. The van der Waals surface area contributed by atoms with Gasteiger partial charge in [0.2, 0.25) is 0 Å². The molecule has 16 heavy (non-hydrogen) atoms. The summed E-state index contributed by atoms with van der Waals surface area (Å²) in [6, 6.07) is 0.395. The summed E-state index contributed by atoms with van der Waals surface area (Å²) >= 11 is 0. The van der Waals surface area contributed by atoms with Gasteiger partial charge in [0.1, 0.15) is 5.54 Å². The molecule has 0 saturated heterocycles. The van der Waals surface area contributed by atoms with Crippen molar-refractivity contribution in [3.63, 3.8) is 0 Å². The number of hydrogen-bond donors (Lipinski definition) is 1. The van der Waals surface area contributed by atoms with Crippen LogP contribution in [0.1, 0.15) is 60.3 Å². The van der Waals surface area contributed by atoms with Gasteiger partial charge in [-0.15, -0.1) is 0 Å². The van der Waals surface area contributed by atoms with Gasteiger partial charge < -0.3 is 5.11 Å². The van der Waals surface area contributed by atoms with E-state index in [1.165, 1.54) is 0 Å². The Hall–Kier alpha value is -0.570. The molecule has 3 nitrogen and oxygen atoms in total. The third-order valence-corrected chi connectivity index (χ3v) is 3.27. The maximum atomic E-state index is 11.3. The van der Waals surface area contributed by atoms with Crippen LogP contribution in [0.3, 0.4) is 0 Å². The maximum Gasteiger partial charge on any atom is 0.323 e. The molecule has 0 unspecified atom stereocenters. The van der Waals surface area contributed by atoms with Crippen LogP contribution < -0.4 is 0 Å². The molecule has 0 amide bonds. The lowest BCUT2D eigenvalue weighted by Gasteiger charge is -2.40. The first-order valence-corrected chi connectivity index (χ1v) is 6.41. The van der Waals surface area contributed by atoms with Crippen molar-refractivity contribution >= 4 is 5.97 Å². The molecule has 0 saturated carbocycles. The Morgan fingerprint density at radius 2 is 1.62 bits per heavy atom. The minimum Gasteiger partial charge on any atom is -0.480 e. The van der Waals surface area contributed by atoms with E-state index in [-0.39, 0.29) is 0 Å². The molecule has 96 valence electrons. The zero-order chi connectivity index (χ0) is 12.8. The fourth-order valence-corrected chi connectivity index (χ4v) is 2.36. The third kappa shape index (κ3) is 3.78. The van der Waals surface area contributed by atoms with Gasteiger partial charge in [-0.3, -0.25) is 9.69 Å². The van der Waals surface area contributed by atoms with E-state index in [1.807, 2.05) is 6.92 Å². The van der Waals surface area contributed by atoms with Crippen molar-refractivity contribution in [1.29, 1.82) is 0 Å². The summed E-state index contributed by atoms with van der Waals surface area (Å²) in [5.74, 6) is -0.730. The van der Waals surface area contributed by atoms with Gasteiger partial charge in [-0.25, -0.2) is 0 Å². The first-order valence-electron chi connectivity index (χ1n) is 6.41. The highest BCUT2D eigenvalue weighted by Crippen LogP contribution is 2.23. The van der Waals surface area contributed by atoms with Gasteiger partial charge in [0.15, 0.2) is 0 Å². The lowest BCUT2D eigenvalue weighted by Crippen LogP contribution is -2.54. The van der Waals surface area contributed by atoms with E-state index in [9.17, 15) is 9.90 Å².